The lowest BCUT2D eigenvalue weighted by molar-refractivity contribution is -0.0983. The van der Waals surface area contributed by atoms with Gasteiger partial charge in [0.15, 0.2) is 0 Å². The molecule has 0 radical (unpaired) electrons. The summed E-state index contributed by atoms with van der Waals surface area (Å²) in [7, 11) is 3.87. The number of nitrogens with one attached hydrogen (secondary N) is 1. The van der Waals surface area contributed by atoms with Crippen molar-refractivity contribution in [2.24, 2.45) is 0 Å². The van der Waals surface area contributed by atoms with Crippen molar-refractivity contribution in [2.75, 3.05) is 14.2 Å². The van der Waals surface area contributed by atoms with E-state index in [1.54, 1.807) is 0 Å². The summed E-state index contributed by atoms with van der Waals surface area (Å²) < 4.78 is 5.79. The highest BCUT2D eigenvalue weighted by atomic mass is 16.5. The van der Waals surface area contributed by atoms with Gasteiger partial charge in [0.1, 0.15) is 0 Å². The van der Waals surface area contributed by atoms with Crippen molar-refractivity contribution in [3.05, 3.63) is 35.4 Å². The molecule has 1 aliphatic rings. The first-order chi connectivity index (χ1) is 8.25. The molecule has 0 aliphatic heterocycles. The fourth-order valence-corrected chi connectivity index (χ4v) is 2.86. The molecule has 0 bridgehead atoms. The highest BCUT2D eigenvalue weighted by Crippen LogP contribution is 2.44. The Balaban J connectivity index is 2.28. The largest absolute Gasteiger partial charge is 0.376 e. The highest BCUT2D eigenvalue weighted by molar-refractivity contribution is 5.29. The van der Waals surface area contributed by atoms with Gasteiger partial charge in [0, 0.05) is 7.11 Å². The Bertz CT molecular complexity index is 365. The van der Waals surface area contributed by atoms with Gasteiger partial charge in [-0.15, -0.1) is 0 Å². The zero-order valence-corrected chi connectivity index (χ0v) is 11.1. The van der Waals surface area contributed by atoms with Crippen LogP contribution in [0.1, 0.15) is 43.4 Å². The third kappa shape index (κ3) is 2.24. The van der Waals surface area contributed by atoms with Gasteiger partial charge >= 0.3 is 0 Å². The van der Waals surface area contributed by atoms with E-state index in [0.717, 1.165) is 19.3 Å². The quantitative estimate of drug-likeness (QED) is 0.844. The van der Waals surface area contributed by atoms with Crippen LogP contribution in [0.25, 0.3) is 0 Å². The van der Waals surface area contributed by atoms with Crippen LogP contribution >= 0.6 is 0 Å². The van der Waals surface area contributed by atoms with Crippen LogP contribution in [0.3, 0.4) is 0 Å². The van der Waals surface area contributed by atoms with E-state index < -0.39 is 0 Å². The third-order valence-corrected chi connectivity index (χ3v) is 4.11. The summed E-state index contributed by atoms with van der Waals surface area (Å²) in [6, 6.07) is 9.17. The first-order valence-corrected chi connectivity index (χ1v) is 6.57. The van der Waals surface area contributed by atoms with Gasteiger partial charge in [-0.3, -0.25) is 0 Å². The molecule has 2 heteroatoms. The van der Waals surface area contributed by atoms with Gasteiger partial charge in [0.05, 0.1) is 11.6 Å². The molecule has 0 heterocycles. The lowest BCUT2D eigenvalue weighted by Crippen LogP contribution is -2.49. The first kappa shape index (κ1) is 12.6. The van der Waals surface area contributed by atoms with Crippen molar-refractivity contribution < 1.29 is 4.74 Å². The summed E-state index contributed by atoms with van der Waals surface area (Å²) in [5.74, 6) is 0. The van der Waals surface area contributed by atoms with E-state index in [-0.39, 0.29) is 5.60 Å². The second kappa shape index (κ2) is 5.19. The Hall–Kier alpha value is -0.860. The molecule has 0 saturated heterocycles. The molecular formula is C15H23NO. The Morgan fingerprint density at radius 3 is 2.65 bits per heavy atom. The Labute approximate surface area is 104 Å². The van der Waals surface area contributed by atoms with Gasteiger partial charge in [0.25, 0.3) is 0 Å². The van der Waals surface area contributed by atoms with Crippen LogP contribution in [0.2, 0.25) is 0 Å². The number of hydrogen-bond donors (Lipinski definition) is 1. The van der Waals surface area contributed by atoms with Crippen molar-refractivity contribution in [3.8, 4) is 0 Å². The van der Waals surface area contributed by atoms with Crippen LogP contribution in [0.15, 0.2) is 24.3 Å². The predicted molar refractivity (Wildman–Crippen MR) is 71.2 cm³/mol. The van der Waals surface area contributed by atoms with Gasteiger partial charge in [-0.25, -0.2) is 0 Å². The zero-order chi connectivity index (χ0) is 12.3. The number of likely N-dealkylation sites (N-methyl/N-ethyl adjacent to an activating group) is 1. The molecule has 1 fully saturated rings. The molecule has 2 nitrogen and oxygen atoms in total. The van der Waals surface area contributed by atoms with E-state index >= 15 is 0 Å². The molecule has 1 saturated carbocycles. The molecule has 1 aromatic rings. The van der Waals surface area contributed by atoms with Gasteiger partial charge in [0.2, 0.25) is 0 Å². The zero-order valence-electron chi connectivity index (χ0n) is 11.1. The maximum atomic E-state index is 5.79. The minimum Gasteiger partial charge on any atom is -0.376 e. The minimum atomic E-state index is 0.0150. The number of aryl methyl sites for hydroxylation is 1. The lowest BCUT2D eigenvalue weighted by Gasteiger charge is -2.46. The van der Waals surface area contributed by atoms with Crippen molar-refractivity contribution >= 4 is 0 Å². The fourth-order valence-electron chi connectivity index (χ4n) is 2.86. The monoisotopic (exact) mass is 233 g/mol. The minimum absolute atomic E-state index is 0.0150. The van der Waals surface area contributed by atoms with E-state index in [0.29, 0.717) is 6.04 Å². The molecule has 1 atom stereocenters. The van der Waals surface area contributed by atoms with Crippen LogP contribution in [0.5, 0.6) is 0 Å². The third-order valence-electron chi connectivity index (χ3n) is 4.11. The molecular weight excluding hydrogens is 210 g/mol. The van der Waals surface area contributed by atoms with Gasteiger partial charge in [-0.2, -0.15) is 0 Å². The Morgan fingerprint density at radius 1 is 1.41 bits per heavy atom. The summed E-state index contributed by atoms with van der Waals surface area (Å²) in [4.78, 5) is 0. The molecule has 1 N–H and O–H groups in total. The molecule has 1 aliphatic carbocycles. The summed E-state index contributed by atoms with van der Waals surface area (Å²) in [5.41, 5.74) is 2.77. The topological polar surface area (TPSA) is 21.3 Å². The number of methoxy groups -OCH3 is 1. The molecule has 94 valence electrons. The van der Waals surface area contributed by atoms with Gasteiger partial charge < -0.3 is 10.1 Å². The second-order valence-corrected chi connectivity index (χ2v) is 4.94. The van der Waals surface area contributed by atoms with Crippen LogP contribution in [-0.2, 0) is 11.2 Å². The maximum absolute atomic E-state index is 5.79. The van der Waals surface area contributed by atoms with E-state index in [9.17, 15) is 0 Å². The fraction of sp³-hybridized carbons (Fsp3) is 0.600. The van der Waals surface area contributed by atoms with E-state index in [1.807, 2.05) is 14.2 Å². The standard InChI is InChI=1S/C15H23NO/c1-4-12-7-5-8-13(11-12)14(16-2)15(17-3)9-6-10-15/h5,7-8,11,14,16H,4,6,9-10H2,1-3H3. The average molecular weight is 233 g/mol. The second-order valence-electron chi connectivity index (χ2n) is 4.94. The average Bonchev–Trinajstić information content (AvgIpc) is 2.33. The van der Waals surface area contributed by atoms with Crippen LogP contribution in [0, 0.1) is 0 Å². The maximum Gasteiger partial charge on any atom is 0.0872 e. The molecule has 1 aromatic carbocycles. The number of ether oxygens (including phenoxy) is 1. The number of hydrogen-bond acceptors (Lipinski definition) is 2. The summed E-state index contributed by atoms with van der Waals surface area (Å²) in [5, 5.41) is 3.44. The summed E-state index contributed by atoms with van der Waals surface area (Å²) >= 11 is 0. The van der Waals surface area contributed by atoms with Crippen LogP contribution in [0.4, 0.5) is 0 Å². The number of rotatable bonds is 5. The van der Waals surface area contributed by atoms with E-state index in [2.05, 4.69) is 36.5 Å². The van der Waals surface area contributed by atoms with Crippen molar-refractivity contribution in [3.63, 3.8) is 0 Å². The van der Waals surface area contributed by atoms with Crippen LogP contribution in [-0.4, -0.2) is 19.8 Å². The molecule has 17 heavy (non-hydrogen) atoms. The van der Waals surface area contributed by atoms with Crippen molar-refractivity contribution in [1.82, 2.24) is 5.32 Å². The summed E-state index contributed by atoms with van der Waals surface area (Å²) in [6.45, 7) is 2.20. The SMILES string of the molecule is CCc1cccc(C(NC)C2(OC)CCC2)c1. The Kier molecular flexibility index (Phi) is 3.85. The number of benzene rings is 1. The molecule has 0 aromatic heterocycles. The smallest absolute Gasteiger partial charge is 0.0872 e. The molecule has 2 rings (SSSR count). The predicted octanol–water partition coefficient (Wildman–Crippen LogP) is 3.08. The first-order valence-electron chi connectivity index (χ1n) is 6.57. The lowest BCUT2D eigenvalue weighted by atomic mass is 9.72. The molecule has 0 amide bonds. The van der Waals surface area contributed by atoms with E-state index in [1.165, 1.54) is 17.5 Å². The van der Waals surface area contributed by atoms with Crippen molar-refractivity contribution in [2.45, 2.75) is 44.2 Å². The molecule has 1 unspecified atom stereocenters. The normalized spacial score (nSPS) is 19.7. The van der Waals surface area contributed by atoms with Gasteiger partial charge in [-0.05, 0) is 43.9 Å². The highest BCUT2D eigenvalue weighted by Gasteiger charge is 2.44. The van der Waals surface area contributed by atoms with Crippen molar-refractivity contribution in [1.29, 1.82) is 0 Å². The van der Waals surface area contributed by atoms with E-state index in [4.69, 9.17) is 4.74 Å². The summed E-state index contributed by atoms with van der Waals surface area (Å²) in [6.07, 6.45) is 4.68. The molecule has 0 spiro atoms. The van der Waals surface area contributed by atoms with Crippen LogP contribution < -0.4 is 5.32 Å². The van der Waals surface area contributed by atoms with Gasteiger partial charge in [-0.1, -0.05) is 31.2 Å². The Morgan fingerprint density at radius 2 is 2.18 bits per heavy atom.